The van der Waals surface area contributed by atoms with Gasteiger partial charge >= 0.3 is 5.97 Å². The van der Waals surface area contributed by atoms with E-state index in [0.29, 0.717) is 21.0 Å². The third kappa shape index (κ3) is 4.11. The number of nitriles is 1. The highest BCUT2D eigenvalue weighted by molar-refractivity contribution is 9.10. The number of rotatable bonds is 4. The molecule has 2 aromatic heterocycles. The molecule has 8 heteroatoms. The van der Waals surface area contributed by atoms with Crippen molar-refractivity contribution in [3.63, 3.8) is 0 Å². The molecular weight excluding hydrogens is 418 g/mol. The molecule has 0 radical (unpaired) electrons. The van der Waals surface area contributed by atoms with Gasteiger partial charge in [0.1, 0.15) is 11.1 Å². The number of esters is 1. The van der Waals surface area contributed by atoms with E-state index in [4.69, 9.17) is 4.74 Å². The van der Waals surface area contributed by atoms with E-state index in [1.54, 1.807) is 12.3 Å². The number of amides is 1. The molecule has 0 fully saturated rings. The predicted molar refractivity (Wildman–Crippen MR) is 101 cm³/mol. The molecule has 134 valence electrons. The Labute approximate surface area is 163 Å². The van der Waals surface area contributed by atoms with E-state index >= 15 is 0 Å². The van der Waals surface area contributed by atoms with Gasteiger partial charge in [-0.3, -0.25) is 9.78 Å². The summed E-state index contributed by atoms with van der Waals surface area (Å²) in [6, 6.07) is 3.76. The van der Waals surface area contributed by atoms with Gasteiger partial charge in [-0.1, -0.05) is 6.92 Å². The minimum atomic E-state index is -0.631. The largest absolute Gasteiger partial charge is 0.452 e. The van der Waals surface area contributed by atoms with E-state index in [-0.39, 0.29) is 5.56 Å². The lowest BCUT2D eigenvalue weighted by Crippen LogP contribution is -2.21. The quantitative estimate of drug-likeness (QED) is 0.741. The molecule has 0 bridgehead atoms. The molecule has 1 atom stereocenters. The molecule has 0 saturated carbocycles. The van der Waals surface area contributed by atoms with Gasteiger partial charge in [0, 0.05) is 21.7 Å². The number of pyridine rings is 1. The van der Waals surface area contributed by atoms with E-state index in [1.807, 2.05) is 0 Å². The van der Waals surface area contributed by atoms with Gasteiger partial charge < -0.3 is 10.1 Å². The lowest BCUT2D eigenvalue weighted by atomic mass is 9.89. The van der Waals surface area contributed by atoms with Crippen LogP contribution >= 0.6 is 27.3 Å². The second kappa shape index (κ2) is 7.98. The molecular formula is C18H16BrN3O3S. The van der Waals surface area contributed by atoms with Crippen molar-refractivity contribution in [2.45, 2.75) is 26.2 Å². The van der Waals surface area contributed by atoms with Crippen LogP contribution in [-0.4, -0.2) is 23.5 Å². The minimum absolute atomic E-state index is 0.255. The maximum atomic E-state index is 12.1. The monoisotopic (exact) mass is 433 g/mol. The van der Waals surface area contributed by atoms with Crippen LogP contribution in [0.1, 0.15) is 39.7 Å². The van der Waals surface area contributed by atoms with Crippen LogP contribution in [-0.2, 0) is 22.4 Å². The first kappa shape index (κ1) is 18.5. The van der Waals surface area contributed by atoms with Gasteiger partial charge in [0.05, 0.1) is 11.1 Å². The number of fused-ring (bicyclic) bond motifs is 1. The fraction of sp³-hybridized carbons (Fsp3) is 0.333. The van der Waals surface area contributed by atoms with Crippen LogP contribution in [0.25, 0.3) is 0 Å². The molecule has 0 spiro atoms. The van der Waals surface area contributed by atoms with Gasteiger partial charge in [-0.25, -0.2) is 4.79 Å². The summed E-state index contributed by atoms with van der Waals surface area (Å²) in [5.41, 5.74) is 1.83. The summed E-state index contributed by atoms with van der Waals surface area (Å²) >= 11 is 4.66. The molecule has 1 aliphatic rings. The van der Waals surface area contributed by atoms with Crippen molar-refractivity contribution in [2.75, 3.05) is 11.9 Å². The summed E-state index contributed by atoms with van der Waals surface area (Å²) in [4.78, 5) is 29.1. The Balaban J connectivity index is 1.64. The number of nitrogens with zero attached hydrogens (tertiary/aromatic N) is 2. The standard InChI is InChI=1S/C18H16BrN3O3S/c1-10-2-3-13-14(6-20)17(26-15(13)4-10)22-16(23)9-25-18(24)11-5-12(19)8-21-7-11/h5,7-8,10H,2-4,9H2,1H3,(H,22,23)/t10-/m0/s1. The molecule has 1 aliphatic carbocycles. The first-order valence-electron chi connectivity index (χ1n) is 8.10. The lowest BCUT2D eigenvalue weighted by molar-refractivity contribution is -0.119. The maximum Gasteiger partial charge on any atom is 0.340 e. The molecule has 6 nitrogen and oxygen atoms in total. The molecule has 0 unspecified atom stereocenters. The van der Waals surface area contributed by atoms with Crippen LogP contribution in [0.2, 0.25) is 0 Å². The van der Waals surface area contributed by atoms with Crippen LogP contribution in [0.5, 0.6) is 0 Å². The van der Waals surface area contributed by atoms with E-state index < -0.39 is 18.5 Å². The molecule has 0 aromatic carbocycles. The van der Waals surface area contributed by atoms with Gasteiger partial charge in [-0.2, -0.15) is 5.26 Å². The first-order valence-corrected chi connectivity index (χ1v) is 9.71. The van der Waals surface area contributed by atoms with Crippen LogP contribution < -0.4 is 5.32 Å². The Hall–Kier alpha value is -2.24. The molecule has 0 saturated heterocycles. The third-order valence-corrected chi connectivity index (χ3v) is 5.75. The Morgan fingerprint density at radius 1 is 1.50 bits per heavy atom. The molecule has 2 aromatic rings. The number of carbonyl (C=O) groups is 2. The van der Waals surface area contributed by atoms with Crippen molar-refractivity contribution in [3.05, 3.63) is 44.5 Å². The van der Waals surface area contributed by atoms with Crippen molar-refractivity contribution in [1.29, 1.82) is 5.26 Å². The van der Waals surface area contributed by atoms with E-state index in [0.717, 1.165) is 29.7 Å². The predicted octanol–water partition coefficient (Wildman–Crippen LogP) is 3.70. The van der Waals surface area contributed by atoms with Crippen molar-refractivity contribution in [2.24, 2.45) is 5.92 Å². The smallest absolute Gasteiger partial charge is 0.340 e. The van der Waals surface area contributed by atoms with Gasteiger partial charge in [0.2, 0.25) is 0 Å². The van der Waals surface area contributed by atoms with E-state index in [2.05, 4.69) is 39.2 Å². The average molecular weight is 434 g/mol. The van der Waals surface area contributed by atoms with Gasteiger partial charge in [0.25, 0.3) is 5.91 Å². The van der Waals surface area contributed by atoms with Crippen molar-refractivity contribution in [1.82, 2.24) is 4.98 Å². The van der Waals surface area contributed by atoms with Crippen LogP contribution in [0.3, 0.4) is 0 Å². The number of anilines is 1. The number of hydrogen-bond acceptors (Lipinski definition) is 6. The van der Waals surface area contributed by atoms with Gasteiger partial charge in [-0.15, -0.1) is 11.3 Å². The molecule has 2 heterocycles. The summed E-state index contributed by atoms with van der Waals surface area (Å²) < 4.78 is 5.67. The Morgan fingerprint density at radius 3 is 3.04 bits per heavy atom. The zero-order valence-electron chi connectivity index (χ0n) is 14.0. The summed E-state index contributed by atoms with van der Waals surface area (Å²) in [7, 11) is 0. The number of ether oxygens (including phenoxy) is 1. The Bertz CT molecular complexity index is 904. The Morgan fingerprint density at radius 2 is 2.31 bits per heavy atom. The number of halogens is 1. The highest BCUT2D eigenvalue weighted by atomic mass is 79.9. The zero-order chi connectivity index (χ0) is 18.7. The lowest BCUT2D eigenvalue weighted by Gasteiger charge is -2.17. The van der Waals surface area contributed by atoms with E-state index in [1.165, 1.54) is 17.5 Å². The maximum absolute atomic E-state index is 12.1. The van der Waals surface area contributed by atoms with Gasteiger partial charge in [-0.05, 0) is 52.7 Å². The fourth-order valence-corrected chi connectivity index (χ4v) is 4.60. The number of nitrogens with one attached hydrogen (secondary N) is 1. The number of aromatic nitrogens is 1. The highest BCUT2D eigenvalue weighted by Gasteiger charge is 2.24. The molecule has 3 rings (SSSR count). The summed E-state index contributed by atoms with van der Waals surface area (Å²) in [5.74, 6) is -0.519. The summed E-state index contributed by atoms with van der Waals surface area (Å²) in [5, 5.41) is 12.7. The highest BCUT2D eigenvalue weighted by Crippen LogP contribution is 2.39. The van der Waals surface area contributed by atoms with Crippen molar-refractivity contribution < 1.29 is 14.3 Å². The van der Waals surface area contributed by atoms with Crippen molar-refractivity contribution >= 4 is 44.1 Å². The van der Waals surface area contributed by atoms with E-state index in [9.17, 15) is 14.9 Å². The summed E-state index contributed by atoms with van der Waals surface area (Å²) in [6.45, 7) is 1.76. The van der Waals surface area contributed by atoms with Crippen LogP contribution in [0.15, 0.2) is 22.9 Å². The SMILES string of the molecule is C[C@H]1CCc2c(sc(NC(=O)COC(=O)c3cncc(Br)c3)c2C#N)C1. The second-order valence-corrected chi connectivity index (χ2v) is 8.20. The fourth-order valence-electron chi connectivity index (χ4n) is 2.86. The molecule has 26 heavy (non-hydrogen) atoms. The zero-order valence-corrected chi connectivity index (χ0v) is 16.4. The third-order valence-electron chi connectivity index (χ3n) is 4.15. The molecule has 1 amide bonds. The van der Waals surface area contributed by atoms with Crippen LogP contribution in [0.4, 0.5) is 5.00 Å². The summed E-state index contributed by atoms with van der Waals surface area (Å²) in [6.07, 6.45) is 5.75. The van der Waals surface area contributed by atoms with Gasteiger partial charge in [0.15, 0.2) is 6.61 Å². The van der Waals surface area contributed by atoms with Crippen LogP contribution in [0, 0.1) is 17.2 Å². The van der Waals surface area contributed by atoms with Crippen molar-refractivity contribution in [3.8, 4) is 6.07 Å². The average Bonchev–Trinajstić information content (AvgIpc) is 2.95. The Kier molecular flexibility index (Phi) is 5.69. The molecule has 0 aliphatic heterocycles. The molecule has 1 N–H and O–H groups in total. The number of hydrogen-bond donors (Lipinski definition) is 1. The number of thiophene rings is 1. The first-order chi connectivity index (χ1) is 12.5. The topological polar surface area (TPSA) is 92.1 Å². The minimum Gasteiger partial charge on any atom is -0.452 e. The number of carbonyl (C=O) groups excluding carboxylic acids is 2. The normalized spacial score (nSPS) is 15.7. The second-order valence-electron chi connectivity index (χ2n) is 6.18.